The van der Waals surface area contributed by atoms with Gasteiger partial charge in [-0.05, 0) is 44.5 Å². The van der Waals surface area contributed by atoms with Crippen molar-refractivity contribution in [1.29, 1.82) is 0 Å². The fraction of sp³-hybridized carbons (Fsp3) is 0.480. The third-order valence-electron chi connectivity index (χ3n) is 7.41. The molecule has 218 valence electrons. The third kappa shape index (κ3) is 6.14. The number of hydrogen-bond acceptors (Lipinski definition) is 9. The molecule has 2 saturated heterocycles. The Labute approximate surface area is 238 Å². The molecule has 1 aromatic carbocycles. The van der Waals surface area contributed by atoms with Crippen LogP contribution in [0, 0.1) is 0 Å². The summed E-state index contributed by atoms with van der Waals surface area (Å²) in [7, 11) is -5.99. The normalized spacial score (nSPS) is 20.7. The molecule has 0 amide bonds. The Kier molecular flexibility index (Phi) is 8.42. The van der Waals surface area contributed by atoms with E-state index in [0.717, 1.165) is 0 Å². The minimum absolute atomic E-state index is 0.00393. The number of benzene rings is 1. The van der Waals surface area contributed by atoms with Gasteiger partial charge in [0.15, 0.2) is 0 Å². The highest BCUT2D eigenvalue weighted by molar-refractivity contribution is 7.89. The molecular weight excluding hydrogens is 582 g/mol. The first-order chi connectivity index (χ1) is 19.0. The Morgan fingerprint density at radius 2 is 2.02 bits per heavy atom. The molecule has 2 atom stereocenters. The molecule has 15 heteroatoms. The number of hydrogen-bond donors (Lipinski definition) is 4. The number of pyridine rings is 1. The van der Waals surface area contributed by atoms with Crippen molar-refractivity contribution in [3.63, 3.8) is 0 Å². The lowest BCUT2D eigenvalue weighted by Crippen LogP contribution is -2.47. The quantitative estimate of drug-likeness (QED) is 0.265. The van der Waals surface area contributed by atoms with E-state index in [2.05, 4.69) is 20.0 Å². The van der Waals surface area contributed by atoms with E-state index < -0.39 is 31.8 Å². The first-order valence-corrected chi connectivity index (χ1v) is 16.2. The average molecular weight is 614 g/mol. The molecule has 1 spiro atoms. The van der Waals surface area contributed by atoms with Gasteiger partial charge < -0.3 is 24.9 Å². The van der Waals surface area contributed by atoms with Crippen LogP contribution in [-0.2, 0) is 24.8 Å². The molecule has 4 heterocycles. The second kappa shape index (κ2) is 11.5. The van der Waals surface area contributed by atoms with Crippen LogP contribution in [0.5, 0.6) is 5.75 Å². The molecule has 4 N–H and O–H groups in total. The second-order valence-corrected chi connectivity index (χ2v) is 14.3. The van der Waals surface area contributed by atoms with Crippen molar-refractivity contribution in [2.75, 3.05) is 39.9 Å². The number of nitrogens with zero attached hydrogens (tertiary/aromatic N) is 2. The fourth-order valence-electron chi connectivity index (χ4n) is 5.10. The smallest absolute Gasteiger partial charge is 0.244 e. The van der Waals surface area contributed by atoms with Crippen LogP contribution >= 0.6 is 11.6 Å². The maximum Gasteiger partial charge on any atom is 0.244 e. The number of H-pyrrole nitrogens is 1. The number of aliphatic hydroxyl groups excluding tert-OH is 1. The summed E-state index contributed by atoms with van der Waals surface area (Å²) in [5, 5.41) is 14.7. The molecule has 2 aliphatic heterocycles. The molecule has 2 aromatic heterocycles. The predicted molar refractivity (Wildman–Crippen MR) is 148 cm³/mol. The first-order valence-electron chi connectivity index (χ1n) is 12.9. The van der Waals surface area contributed by atoms with E-state index in [9.17, 15) is 21.9 Å². The lowest BCUT2D eigenvalue weighted by Gasteiger charge is -2.38. The lowest BCUT2D eigenvalue weighted by atomic mass is 9.88. The van der Waals surface area contributed by atoms with Crippen molar-refractivity contribution in [3.8, 4) is 5.75 Å². The highest BCUT2D eigenvalue weighted by Crippen LogP contribution is 2.37. The summed E-state index contributed by atoms with van der Waals surface area (Å²) in [4.78, 5) is 7.28. The number of aliphatic hydroxyl groups is 1. The number of fused-ring (bicyclic) bond motifs is 1. The van der Waals surface area contributed by atoms with Crippen molar-refractivity contribution in [3.05, 3.63) is 47.7 Å². The van der Waals surface area contributed by atoms with Gasteiger partial charge in [0.05, 0.1) is 22.1 Å². The molecule has 0 saturated carbocycles. The van der Waals surface area contributed by atoms with Crippen LogP contribution in [0.1, 0.15) is 19.3 Å². The number of piperidine rings is 1. The number of ether oxygens (including phenoxy) is 2. The lowest BCUT2D eigenvalue weighted by molar-refractivity contribution is -0.0312. The number of halogens is 1. The van der Waals surface area contributed by atoms with Gasteiger partial charge in [-0.1, -0.05) is 17.7 Å². The first kappa shape index (κ1) is 29.2. The zero-order chi connectivity index (χ0) is 28.5. The molecule has 0 bridgehead atoms. The fourth-order valence-corrected chi connectivity index (χ4v) is 7.48. The summed E-state index contributed by atoms with van der Waals surface area (Å²) >= 11 is 6.15. The van der Waals surface area contributed by atoms with Crippen LogP contribution in [0.25, 0.3) is 11.0 Å². The van der Waals surface area contributed by atoms with E-state index in [0.29, 0.717) is 60.8 Å². The molecule has 12 nitrogen and oxygen atoms in total. The largest absolute Gasteiger partial charge is 0.491 e. The maximum atomic E-state index is 13.3. The van der Waals surface area contributed by atoms with E-state index in [-0.39, 0.29) is 29.0 Å². The Morgan fingerprint density at radius 1 is 1.25 bits per heavy atom. The number of nitrogens with one attached hydrogen (secondary N) is 3. The Hall–Kier alpha value is -2.30. The maximum absolute atomic E-state index is 13.3. The molecular formula is C25H32ClN5O7S2. The molecule has 2 aliphatic rings. The van der Waals surface area contributed by atoms with E-state index in [4.69, 9.17) is 21.1 Å². The van der Waals surface area contributed by atoms with Gasteiger partial charge in [0.25, 0.3) is 0 Å². The van der Waals surface area contributed by atoms with Crippen LogP contribution < -0.4 is 14.8 Å². The van der Waals surface area contributed by atoms with Gasteiger partial charge in [0.2, 0.25) is 20.0 Å². The summed E-state index contributed by atoms with van der Waals surface area (Å²) in [6.07, 6.45) is 3.91. The van der Waals surface area contributed by atoms with Crippen molar-refractivity contribution in [1.82, 2.24) is 24.3 Å². The zero-order valence-corrected chi connectivity index (χ0v) is 24.2. The van der Waals surface area contributed by atoms with Crippen LogP contribution in [-0.4, -0.2) is 93.9 Å². The van der Waals surface area contributed by atoms with Gasteiger partial charge in [-0.3, -0.25) is 0 Å². The van der Waals surface area contributed by atoms with Gasteiger partial charge >= 0.3 is 0 Å². The molecule has 0 radical (unpaired) electrons. The van der Waals surface area contributed by atoms with E-state index in [1.165, 1.54) is 29.7 Å². The number of rotatable bonds is 10. The molecule has 0 unspecified atom stereocenters. The Balaban J connectivity index is 1.09. The molecule has 5 rings (SSSR count). The minimum Gasteiger partial charge on any atom is -0.491 e. The van der Waals surface area contributed by atoms with Gasteiger partial charge in [-0.2, -0.15) is 4.31 Å². The summed E-state index contributed by atoms with van der Waals surface area (Å²) in [5.74, 6) is 0.340. The minimum atomic E-state index is -3.73. The molecule has 40 heavy (non-hydrogen) atoms. The summed E-state index contributed by atoms with van der Waals surface area (Å²) < 4.78 is 65.9. The standard InChI is InChI=1S/C25H32ClN5O7S2/c1-27-39(33,34)20-4-2-3-19(9-20)37-16-18(32)12-28-17-11-25(38-15-17)5-7-31(8-6-25)40(35,36)21-10-22-23(26)14-30-24(22)29-13-21/h2-4,9-10,13-14,17-18,27-28,32H,5-8,11-12,15-16H2,1H3,(H,29,30)/t17-,18+/m1/s1. The van der Waals surface area contributed by atoms with Crippen molar-refractivity contribution >= 4 is 42.7 Å². The number of aromatic nitrogens is 2. The van der Waals surface area contributed by atoms with E-state index in [1.54, 1.807) is 24.4 Å². The van der Waals surface area contributed by atoms with Gasteiger partial charge in [0, 0.05) is 49.5 Å². The number of sulfonamides is 2. The highest BCUT2D eigenvalue weighted by Gasteiger charge is 2.44. The van der Waals surface area contributed by atoms with Crippen molar-refractivity contribution in [2.24, 2.45) is 0 Å². The number of aromatic amines is 1. The topological polar surface area (TPSA) is 163 Å². The van der Waals surface area contributed by atoms with E-state index in [1.807, 2.05) is 0 Å². The summed E-state index contributed by atoms with van der Waals surface area (Å²) in [5.41, 5.74) is 0.113. The molecule has 3 aromatic rings. The Morgan fingerprint density at radius 3 is 2.77 bits per heavy atom. The van der Waals surface area contributed by atoms with E-state index >= 15 is 0 Å². The van der Waals surface area contributed by atoms with Gasteiger partial charge in [-0.15, -0.1) is 0 Å². The van der Waals surface area contributed by atoms with Crippen LogP contribution in [0.2, 0.25) is 5.02 Å². The average Bonchev–Trinajstić information content (AvgIpc) is 3.53. The summed E-state index contributed by atoms with van der Waals surface area (Å²) in [6.45, 7) is 1.35. The second-order valence-electron chi connectivity index (χ2n) is 10.1. The highest BCUT2D eigenvalue weighted by atomic mass is 35.5. The van der Waals surface area contributed by atoms with Crippen LogP contribution in [0.4, 0.5) is 0 Å². The Bertz CT molecular complexity index is 1570. The van der Waals surface area contributed by atoms with Gasteiger partial charge in [-0.25, -0.2) is 26.5 Å². The van der Waals surface area contributed by atoms with Crippen LogP contribution in [0.15, 0.2) is 52.5 Å². The summed E-state index contributed by atoms with van der Waals surface area (Å²) in [6, 6.07) is 7.61. The molecule has 0 aliphatic carbocycles. The predicted octanol–water partition coefficient (Wildman–Crippen LogP) is 1.47. The SMILES string of the molecule is CNS(=O)(=O)c1cccc(OC[C@@H](O)CN[C@H]2COC3(CCN(S(=O)(=O)c4cnc5[nH]cc(Cl)c5c4)CC3)C2)c1. The van der Waals surface area contributed by atoms with Crippen molar-refractivity contribution < 1.29 is 31.4 Å². The van der Waals surface area contributed by atoms with Crippen molar-refractivity contribution in [2.45, 2.75) is 46.8 Å². The van der Waals surface area contributed by atoms with Crippen LogP contribution in [0.3, 0.4) is 0 Å². The third-order valence-corrected chi connectivity index (χ3v) is 11.0. The molecule has 2 fully saturated rings. The monoisotopic (exact) mass is 613 g/mol. The zero-order valence-electron chi connectivity index (χ0n) is 21.8. The van der Waals surface area contributed by atoms with Gasteiger partial charge in [0.1, 0.15) is 29.0 Å².